The van der Waals surface area contributed by atoms with Gasteiger partial charge in [0.1, 0.15) is 11.8 Å². The first-order valence-electron chi connectivity index (χ1n) is 9.35. The minimum Gasteiger partial charge on any atom is -0.380 e. The summed E-state index contributed by atoms with van der Waals surface area (Å²) in [7, 11) is 1.50. The molecule has 0 saturated heterocycles. The minimum absolute atomic E-state index is 0.0387. The molecule has 7 heteroatoms. The highest BCUT2D eigenvalue weighted by Crippen LogP contribution is 2.41. The quantitative estimate of drug-likeness (QED) is 0.572. The Morgan fingerprint density at radius 1 is 1.36 bits per heavy atom. The Labute approximate surface area is 162 Å². The molecule has 144 valence electrons. The van der Waals surface area contributed by atoms with E-state index in [1.165, 1.54) is 13.1 Å². The largest absolute Gasteiger partial charge is 0.380 e. The Kier molecular flexibility index (Phi) is 4.68. The predicted molar refractivity (Wildman–Crippen MR) is 104 cm³/mol. The van der Waals surface area contributed by atoms with E-state index in [4.69, 9.17) is 0 Å². The number of carbonyl (C=O) groups is 2. The number of aliphatic hydroxyl groups excluding tert-OH is 1. The summed E-state index contributed by atoms with van der Waals surface area (Å²) < 4.78 is 0. The number of ketones is 1. The van der Waals surface area contributed by atoms with Crippen molar-refractivity contribution < 1.29 is 14.7 Å². The smallest absolute Gasteiger partial charge is 0.269 e. The van der Waals surface area contributed by atoms with Crippen LogP contribution in [-0.2, 0) is 0 Å². The Morgan fingerprint density at radius 3 is 2.86 bits per heavy atom. The molecular formula is C21H22N4O3. The summed E-state index contributed by atoms with van der Waals surface area (Å²) in [5.41, 5.74) is 1.99. The van der Waals surface area contributed by atoms with Crippen LogP contribution in [0.5, 0.6) is 0 Å². The second-order valence-corrected chi connectivity index (χ2v) is 7.38. The lowest BCUT2D eigenvalue weighted by molar-refractivity contribution is 0.0957. The van der Waals surface area contributed by atoms with Crippen molar-refractivity contribution in [1.29, 1.82) is 0 Å². The molecule has 0 bridgehead atoms. The van der Waals surface area contributed by atoms with Crippen LogP contribution in [0.1, 0.15) is 58.1 Å². The second kappa shape index (κ2) is 7.16. The molecule has 3 atom stereocenters. The zero-order valence-corrected chi connectivity index (χ0v) is 15.8. The molecule has 1 fully saturated rings. The van der Waals surface area contributed by atoms with Gasteiger partial charge in [-0.3, -0.25) is 14.6 Å². The minimum atomic E-state index is -1.16. The third kappa shape index (κ3) is 3.41. The van der Waals surface area contributed by atoms with E-state index in [0.717, 1.165) is 17.3 Å². The van der Waals surface area contributed by atoms with Crippen LogP contribution in [0.4, 0.5) is 0 Å². The molecule has 0 aromatic carbocycles. The summed E-state index contributed by atoms with van der Waals surface area (Å²) in [5.74, 6) is 0.510. The van der Waals surface area contributed by atoms with Gasteiger partial charge in [-0.25, -0.2) is 4.98 Å². The summed E-state index contributed by atoms with van der Waals surface area (Å²) in [4.78, 5) is 36.6. The van der Waals surface area contributed by atoms with E-state index in [-0.39, 0.29) is 17.2 Å². The maximum atomic E-state index is 12.7. The van der Waals surface area contributed by atoms with Gasteiger partial charge in [0, 0.05) is 42.3 Å². The molecule has 0 aliphatic heterocycles. The molecule has 4 rings (SSSR count). The number of pyridine rings is 2. The Hall–Kier alpha value is -3.06. The molecule has 28 heavy (non-hydrogen) atoms. The van der Waals surface area contributed by atoms with Gasteiger partial charge in [-0.1, -0.05) is 6.92 Å². The van der Waals surface area contributed by atoms with Gasteiger partial charge >= 0.3 is 0 Å². The van der Waals surface area contributed by atoms with E-state index in [9.17, 15) is 14.7 Å². The van der Waals surface area contributed by atoms with Gasteiger partial charge in [0.05, 0.1) is 11.4 Å². The van der Waals surface area contributed by atoms with Crippen molar-refractivity contribution in [3.8, 4) is 0 Å². The maximum Gasteiger partial charge on any atom is 0.269 e. The maximum absolute atomic E-state index is 12.7. The number of aliphatic hydroxyl groups is 1. The van der Waals surface area contributed by atoms with E-state index >= 15 is 0 Å². The van der Waals surface area contributed by atoms with Crippen LogP contribution in [0.25, 0.3) is 10.9 Å². The fourth-order valence-corrected chi connectivity index (χ4v) is 3.50. The van der Waals surface area contributed by atoms with E-state index < -0.39 is 12.0 Å². The lowest BCUT2D eigenvalue weighted by Gasteiger charge is -2.14. The van der Waals surface area contributed by atoms with E-state index in [1.54, 1.807) is 18.5 Å². The van der Waals surface area contributed by atoms with Crippen molar-refractivity contribution in [2.24, 2.45) is 11.8 Å². The van der Waals surface area contributed by atoms with Crippen LogP contribution in [0, 0.1) is 11.8 Å². The topological polar surface area (TPSA) is 108 Å². The van der Waals surface area contributed by atoms with Crippen molar-refractivity contribution in [2.45, 2.75) is 25.9 Å². The monoisotopic (exact) mass is 378 g/mol. The molecule has 1 aliphatic carbocycles. The van der Waals surface area contributed by atoms with E-state index in [1.807, 2.05) is 12.1 Å². The predicted octanol–water partition coefficient (Wildman–Crippen LogP) is 2.63. The van der Waals surface area contributed by atoms with Crippen LogP contribution < -0.4 is 5.32 Å². The fourth-order valence-electron chi connectivity index (χ4n) is 3.50. The number of aromatic nitrogens is 3. The summed E-state index contributed by atoms with van der Waals surface area (Å²) in [6.07, 6.45) is 3.70. The second-order valence-electron chi connectivity index (χ2n) is 7.38. The first-order valence-corrected chi connectivity index (χ1v) is 9.35. The van der Waals surface area contributed by atoms with Crippen LogP contribution in [-0.4, -0.2) is 38.8 Å². The van der Waals surface area contributed by atoms with Gasteiger partial charge in [0.25, 0.3) is 5.91 Å². The number of fused-ring (bicyclic) bond motifs is 1. The van der Waals surface area contributed by atoms with Crippen molar-refractivity contribution in [3.63, 3.8) is 0 Å². The van der Waals surface area contributed by atoms with Gasteiger partial charge in [0.2, 0.25) is 0 Å². The first kappa shape index (κ1) is 18.3. The van der Waals surface area contributed by atoms with Gasteiger partial charge in [-0.15, -0.1) is 0 Å². The zero-order chi connectivity index (χ0) is 19.8. The molecule has 3 aromatic heterocycles. The highest BCUT2D eigenvalue weighted by Gasteiger charge is 2.34. The molecule has 0 radical (unpaired) electrons. The fraction of sp³-hybridized carbons (Fsp3) is 0.333. The number of hydrogen-bond donors (Lipinski definition) is 3. The molecule has 3 N–H and O–H groups in total. The molecule has 0 spiro atoms. The van der Waals surface area contributed by atoms with Gasteiger partial charge < -0.3 is 15.4 Å². The molecule has 3 heterocycles. The van der Waals surface area contributed by atoms with Crippen LogP contribution in [0.15, 0.2) is 36.7 Å². The van der Waals surface area contributed by atoms with Gasteiger partial charge in [-0.2, -0.15) is 0 Å². The highest BCUT2D eigenvalue weighted by atomic mass is 16.3. The third-order valence-electron chi connectivity index (χ3n) is 5.40. The van der Waals surface area contributed by atoms with Crippen LogP contribution in [0.2, 0.25) is 0 Å². The lowest BCUT2D eigenvalue weighted by Crippen LogP contribution is -2.21. The van der Waals surface area contributed by atoms with Gasteiger partial charge in [0.15, 0.2) is 5.78 Å². The summed E-state index contributed by atoms with van der Waals surface area (Å²) >= 11 is 0. The van der Waals surface area contributed by atoms with E-state index in [2.05, 4.69) is 27.2 Å². The number of H-pyrrole nitrogens is 1. The Bertz CT molecular complexity index is 1060. The van der Waals surface area contributed by atoms with Gasteiger partial charge in [-0.05, 0) is 42.5 Å². The van der Waals surface area contributed by atoms with E-state index in [0.29, 0.717) is 29.5 Å². The van der Waals surface area contributed by atoms with Crippen molar-refractivity contribution in [1.82, 2.24) is 20.3 Å². The number of carbonyl (C=O) groups excluding carboxylic acids is 2. The summed E-state index contributed by atoms with van der Waals surface area (Å²) in [6, 6.07) is 6.70. The zero-order valence-electron chi connectivity index (χ0n) is 15.8. The molecule has 1 amide bonds. The SMILES string of the molecule is CNC(=O)c1cc(C(=O)C[C@H]2C[C@@H]2C)cc(C(O)c2nccc3[nH]ccc23)n1. The average Bonchev–Trinajstić information content (AvgIpc) is 3.19. The molecule has 1 saturated carbocycles. The highest BCUT2D eigenvalue weighted by molar-refractivity contribution is 6.00. The van der Waals surface area contributed by atoms with Crippen molar-refractivity contribution >= 4 is 22.6 Å². The number of amides is 1. The number of nitrogens with zero attached hydrogens (tertiary/aromatic N) is 2. The molecule has 7 nitrogen and oxygen atoms in total. The third-order valence-corrected chi connectivity index (χ3v) is 5.40. The molecular weight excluding hydrogens is 356 g/mol. The number of rotatable bonds is 6. The Morgan fingerprint density at radius 2 is 2.14 bits per heavy atom. The number of hydrogen-bond acceptors (Lipinski definition) is 5. The summed E-state index contributed by atoms with van der Waals surface area (Å²) in [6.45, 7) is 2.12. The normalized spacial score (nSPS) is 19.4. The number of Topliss-reactive ketones (excluding diaryl/α,β-unsaturated/α-hetero) is 1. The van der Waals surface area contributed by atoms with Crippen LogP contribution in [0.3, 0.4) is 0 Å². The summed E-state index contributed by atoms with van der Waals surface area (Å²) in [5, 5.41) is 14.2. The van der Waals surface area contributed by atoms with Crippen molar-refractivity contribution in [2.75, 3.05) is 7.05 Å². The number of aromatic amines is 1. The van der Waals surface area contributed by atoms with Crippen molar-refractivity contribution in [3.05, 3.63) is 59.3 Å². The molecule has 1 unspecified atom stereocenters. The lowest BCUT2D eigenvalue weighted by atomic mass is 10.0. The van der Waals surface area contributed by atoms with Crippen LogP contribution >= 0.6 is 0 Å². The Balaban J connectivity index is 1.74. The molecule has 1 aliphatic rings. The standard InChI is InChI=1S/C21H22N4O3/c1-11-7-12(11)10-18(26)13-8-16(25-17(9-13)21(28)22-2)20(27)19-14-3-5-23-15(14)4-6-24-19/h3-6,8-9,11-12,20,23,27H,7,10H2,1-2H3,(H,22,28)/t11-,12+,20?/m0/s1. The average molecular weight is 378 g/mol. The first-order chi connectivity index (χ1) is 13.5. The number of nitrogens with one attached hydrogen (secondary N) is 2. The molecule has 3 aromatic rings.